The predicted molar refractivity (Wildman–Crippen MR) is 105 cm³/mol. The zero-order valence-electron chi connectivity index (χ0n) is 16.0. The number of amides is 2. The first-order chi connectivity index (χ1) is 13.5. The van der Waals surface area contributed by atoms with Gasteiger partial charge < -0.3 is 4.74 Å². The third-order valence-corrected chi connectivity index (χ3v) is 4.43. The largest absolute Gasteiger partial charge is 0.481 e. The minimum Gasteiger partial charge on any atom is -0.481 e. The van der Waals surface area contributed by atoms with Crippen molar-refractivity contribution in [3.8, 4) is 11.4 Å². The van der Waals surface area contributed by atoms with E-state index < -0.39 is 17.9 Å². The maximum atomic E-state index is 12.5. The number of para-hydroxylation sites is 1. The SMILES string of the molecule is Cc1cccc(OC(C)C(=O)NNC(=O)c2cncn2-c2ccccc2)c1C. The summed E-state index contributed by atoms with van der Waals surface area (Å²) in [5, 5.41) is 0. The number of hydrogen-bond acceptors (Lipinski definition) is 4. The molecule has 28 heavy (non-hydrogen) atoms. The van der Waals surface area contributed by atoms with Gasteiger partial charge in [-0.2, -0.15) is 0 Å². The van der Waals surface area contributed by atoms with Gasteiger partial charge in [0.2, 0.25) is 0 Å². The molecule has 0 aliphatic rings. The molecular weight excluding hydrogens is 356 g/mol. The number of aryl methyl sites for hydroxylation is 1. The first-order valence-corrected chi connectivity index (χ1v) is 8.88. The molecule has 1 unspecified atom stereocenters. The highest BCUT2D eigenvalue weighted by Crippen LogP contribution is 2.21. The first-order valence-electron chi connectivity index (χ1n) is 8.88. The monoisotopic (exact) mass is 378 g/mol. The Hall–Kier alpha value is -3.61. The maximum Gasteiger partial charge on any atom is 0.288 e. The minimum absolute atomic E-state index is 0.301. The lowest BCUT2D eigenvalue weighted by Gasteiger charge is -2.17. The van der Waals surface area contributed by atoms with Gasteiger partial charge in [0.25, 0.3) is 11.8 Å². The van der Waals surface area contributed by atoms with Gasteiger partial charge in [-0.1, -0.05) is 30.3 Å². The summed E-state index contributed by atoms with van der Waals surface area (Å²) in [5.74, 6) is -0.301. The van der Waals surface area contributed by atoms with Gasteiger partial charge in [0, 0.05) is 5.69 Å². The second kappa shape index (κ2) is 8.39. The van der Waals surface area contributed by atoms with Crippen molar-refractivity contribution < 1.29 is 14.3 Å². The van der Waals surface area contributed by atoms with E-state index in [4.69, 9.17) is 4.74 Å². The Bertz CT molecular complexity index is 982. The van der Waals surface area contributed by atoms with E-state index in [2.05, 4.69) is 15.8 Å². The topological polar surface area (TPSA) is 85.2 Å². The maximum absolute atomic E-state index is 12.5. The molecular formula is C21H22N4O3. The van der Waals surface area contributed by atoms with Gasteiger partial charge in [0.05, 0.1) is 12.5 Å². The van der Waals surface area contributed by atoms with Crippen LogP contribution < -0.4 is 15.6 Å². The third-order valence-electron chi connectivity index (χ3n) is 4.43. The summed E-state index contributed by atoms with van der Waals surface area (Å²) in [6, 6.07) is 15.0. The van der Waals surface area contributed by atoms with E-state index in [-0.39, 0.29) is 0 Å². The Morgan fingerprint density at radius 1 is 1.04 bits per heavy atom. The molecule has 3 rings (SSSR count). The second-order valence-corrected chi connectivity index (χ2v) is 6.39. The zero-order valence-corrected chi connectivity index (χ0v) is 16.0. The number of hydrazine groups is 1. The highest BCUT2D eigenvalue weighted by Gasteiger charge is 2.18. The van der Waals surface area contributed by atoms with Crippen LogP contribution in [0.3, 0.4) is 0 Å². The fourth-order valence-corrected chi connectivity index (χ4v) is 2.64. The summed E-state index contributed by atoms with van der Waals surface area (Å²) < 4.78 is 7.36. The van der Waals surface area contributed by atoms with Crippen LogP contribution in [0.2, 0.25) is 0 Å². The average molecular weight is 378 g/mol. The highest BCUT2D eigenvalue weighted by atomic mass is 16.5. The van der Waals surface area contributed by atoms with Crippen molar-refractivity contribution in [2.24, 2.45) is 0 Å². The van der Waals surface area contributed by atoms with Gasteiger partial charge in [0.15, 0.2) is 6.10 Å². The van der Waals surface area contributed by atoms with Gasteiger partial charge in [0.1, 0.15) is 11.4 Å². The smallest absolute Gasteiger partial charge is 0.288 e. The Balaban J connectivity index is 1.61. The van der Waals surface area contributed by atoms with Crippen molar-refractivity contribution in [2.75, 3.05) is 0 Å². The molecule has 0 aliphatic heterocycles. The summed E-state index contributed by atoms with van der Waals surface area (Å²) in [7, 11) is 0. The Kier molecular flexibility index (Phi) is 5.74. The fourth-order valence-electron chi connectivity index (χ4n) is 2.64. The van der Waals surface area contributed by atoms with E-state index >= 15 is 0 Å². The van der Waals surface area contributed by atoms with Gasteiger partial charge in [-0.25, -0.2) is 4.98 Å². The van der Waals surface area contributed by atoms with Crippen molar-refractivity contribution in [1.82, 2.24) is 20.4 Å². The Morgan fingerprint density at radius 2 is 1.79 bits per heavy atom. The van der Waals surface area contributed by atoms with Crippen molar-refractivity contribution in [1.29, 1.82) is 0 Å². The average Bonchev–Trinajstić information content (AvgIpc) is 3.20. The lowest BCUT2D eigenvalue weighted by atomic mass is 10.1. The minimum atomic E-state index is -0.778. The predicted octanol–water partition coefficient (Wildman–Crippen LogP) is 2.72. The normalized spacial score (nSPS) is 11.5. The molecule has 1 atom stereocenters. The fraction of sp³-hybridized carbons (Fsp3) is 0.190. The van der Waals surface area contributed by atoms with Crippen molar-refractivity contribution in [3.05, 3.63) is 77.9 Å². The number of carbonyl (C=O) groups excluding carboxylic acids is 2. The summed E-state index contributed by atoms with van der Waals surface area (Å²) in [4.78, 5) is 28.8. The number of imidazole rings is 1. The molecule has 2 amide bonds. The van der Waals surface area contributed by atoms with Gasteiger partial charge in [-0.15, -0.1) is 0 Å². The van der Waals surface area contributed by atoms with E-state index in [1.54, 1.807) is 11.5 Å². The quantitative estimate of drug-likeness (QED) is 0.669. The molecule has 1 heterocycles. The summed E-state index contributed by atoms with van der Waals surface area (Å²) in [6.45, 7) is 5.53. The standard InChI is InChI=1S/C21H22N4O3/c1-14-8-7-11-19(15(14)2)28-16(3)20(26)23-24-21(27)18-12-22-13-25(18)17-9-5-4-6-10-17/h4-13,16H,1-3H3,(H,23,26)(H,24,27). The van der Waals surface area contributed by atoms with E-state index in [1.807, 2.05) is 62.4 Å². The van der Waals surface area contributed by atoms with Crippen LogP contribution in [-0.4, -0.2) is 27.5 Å². The number of ether oxygens (including phenoxy) is 1. The van der Waals surface area contributed by atoms with E-state index in [1.165, 1.54) is 12.5 Å². The highest BCUT2D eigenvalue weighted by molar-refractivity contribution is 5.94. The third kappa shape index (κ3) is 4.20. The number of aromatic nitrogens is 2. The molecule has 0 aliphatic carbocycles. The second-order valence-electron chi connectivity index (χ2n) is 6.39. The number of carbonyl (C=O) groups is 2. The van der Waals surface area contributed by atoms with Crippen LogP contribution in [0, 0.1) is 13.8 Å². The summed E-state index contributed by atoms with van der Waals surface area (Å²) in [6.07, 6.45) is 2.20. The molecule has 144 valence electrons. The molecule has 0 saturated heterocycles. The molecule has 7 heteroatoms. The molecule has 0 bridgehead atoms. The molecule has 0 spiro atoms. The number of rotatable bonds is 5. The van der Waals surface area contributed by atoms with Crippen LogP contribution in [0.5, 0.6) is 5.75 Å². The van der Waals surface area contributed by atoms with Gasteiger partial charge in [-0.3, -0.25) is 25.0 Å². The van der Waals surface area contributed by atoms with Gasteiger partial charge in [-0.05, 0) is 50.1 Å². The molecule has 2 aromatic carbocycles. The van der Waals surface area contributed by atoms with Crippen LogP contribution in [0.25, 0.3) is 5.69 Å². The van der Waals surface area contributed by atoms with Crippen LogP contribution in [0.1, 0.15) is 28.5 Å². The summed E-state index contributed by atoms with van der Waals surface area (Å²) in [5.41, 5.74) is 7.95. The lowest BCUT2D eigenvalue weighted by molar-refractivity contribution is -0.128. The summed E-state index contributed by atoms with van der Waals surface area (Å²) >= 11 is 0. The molecule has 3 aromatic rings. The number of nitrogens with one attached hydrogen (secondary N) is 2. The molecule has 2 N–H and O–H groups in total. The van der Waals surface area contributed by atoms with Gasteiger partial charge >= 0.3 is 0 Å². The number of nitrogens with zero attached hydrogens (tertiary/aromatic N) is 2. The van der Waals surface area contributed by atoms with E-state index in [9.17, 15) is 9.59 Å². The first kappa shape index (κ1) is 19.2. The number of benzene rings is 2. The zero-order chi connectivity index (χ0) is 20.1. The van der Waals surface area contributed by atoms with Crippen LogP contribution in [0.15, 0.2) is 61.1 Å². The lowest BCUT2D eigenvalue weighted by Crippen LogP contribution is -2.47. The van der Waals surface area contributed by atoms with E-state index in [0.29, 0.717) is 11.4 Å². The van der Waals surface area contributed by atoms with Crippen molar-refractivity contribution in [2.45, 2.75) is 26.9 Å². The van der Waals surface area contributed by atoms with Crippen molar-refractivity contribution in [3.63, 3.8) is 0 Å². The molecule has 0 saturated carbocycles. The van der Waals surface area contributed by atoms with E-state index in [0.717, 1.165) is 16.8 Å². The Morgan fingerprint density at radius 3 is 2.54 bits per heavy atom. The molecule has 7 nitrogen and oxygen atoms in total. The molecule has 0 radical (unpaired) electrons. The van der Waals surface area contributed by atoms with Crippen molar-refractivity contribution >= 4 is 11.8 Å². The van der Waals surface area contributed by atoms with Crippen LogP contribution >= 0.6 is 0 Å². The van der Waals surface area contributed by atoms with Crippen LogP contribution in [0.4, 0.5) is 0 Å². The van der Waals surface area contributed by atoms with Crippen LogP contribution in [-0.2, 0) is 4.79 Å². The molecule has 1 aromatic heterocycles. The number of hydrogen-bond donors (Lipinski definition) is 2. The molecule has 0 fully saturated rings. The Labute approximate surface area is 163 Å².